The standard InChI is InChI=1S/C17H18O3/c1-2-3-4-15-11-14(9-10-16(15)18)12-5-7-13(8-6-12)17(19)20/h5-11,18H,2-4H2,1H3,(H,19,20). The number of phenols is 1. The van der Waals surface area contributed by atoms with Gasteiger partial charge in [0.25, 0.3) is 0 Å². The SMILES string of the molecule is CCCCc1cc(-c2ccc(C(=O)O)cc2)ccc1O. The lowest BCUT2D eigenvalue weighted by Gasteiger charge is -2.08. The minimum Gasteiger partial charge on any atom is -0.508 e. The van der Waals surface area contributed by atoms with Crippen molar-refractivity contribution in [2.45, 2.75) is 26.2 Å². The molecule has 0 aromatic heterocycles. The van der Waals surface area contributed by atoms with Crippen LogP contribution in [0.25, 0.3) is 11.1 Å². The topological polar surface area (TPSA) is 57.5 Å². The Morgan fingerprint density at radius 1 is 1.05 bits per heavy atom. The van der Waals surface area contributed by atoms with Gasteiger partial charge in [-0.2, -0.15) is 0 Å². The molecule has 0 unspecified atom stereocenters. The molecular formula is C17H18O3. The van der Waals surface area contributed by atoms with E-state index in [1.807, 2.05) is 12.1 Å². The Labute approximate surface area is 118 Å². The lowest BCUT2D eigenvalue weighted by Crippen LogP contribution is -1.95. The Bertz CT molecular complexity index is 600. The molecule has 20 heavy (non-hydrogen) atoms. The van der Waals surface area contributed by atoms with E-state index in [0.29, 0.717) is 5.75 Å². The van der Waals surface area contributed by atoms with Crippen molar-refractivity contribution in [3.05, 3.63) is 53.6 Å². The van der Waals surface area contributed by atoms with Crippen LogP contribution in [0.2, 0.25) is 0 Å². The molecule has 0 fully saturated rings. The number of aryl methyl sites for hydroxylation is 1. The Kier molecular flexibility index (Phi) is 4.41. The number of aromatic hydroxyl groups is 1. The average Bonchev–Trinajstić information content (AvgIpc) is 2.46. The predicted molar refractivity (Wildman–Crippen MR) is 79.1 cm³/mol. The summed E-state index contributed by atoms with van der Waals surface area (Å²) in [5, 5.41) is 18.7. The second-order valence-corrected chi connectivity index (χ2v) is 4.83. The van der Waals surface area contributed by atoms with Gasteiger partial charge in [0.1, 0.15) is 5.75 Å². The van der Waals surface area contributed by atoms with Crippen LogP contribution in [0.1, 0.15) is 35.7 Å². The quantitative estimate of drug-likeness (QED) is 0.860. The molecule has 0 heterocycles. The number of hydrogen-bond acceptors (Lipinski definition) is 2. The molecule has 3 heteroatoms. The number of rotatable bonds is 5. The molecule has 0 aliphatic heterocycles. The van der Waals surface area contributed by atoms with E-state index in [0.717, 1.165) is 36.0 Å². The third-order valence-electron chi connectivity index (χ3n) is 3.34. The van der Waals surface area contributed by atoms with Crippen LogP contribution < -0.4 is 0 Å². The van der Waals surface area contributed by atoms with Gasteiger partial charge < -0.3 is 10.2 Å². The Hall–Kier alpha value is -2.29. The number of carboxylic acids is 1. The van der Waals surface area contributed by atoms with E-state index in [-0.39, 0.29) is 5.56 Å². The number of hydrogen-bond donors (Lipinski definition) is 2. The van der Waals surface area contributed by atoms with Gasteiger partial charge in [-0.3, -0.25) is 0 Å². The maximum atomic E-state index is 10.8. The molecule has 0 saturated carbocycles. The van der Waals surface area contributed by atoms with Gasteiger partial charge in [0, 0.05) is 0 Å². The third kappa shape index (κ3) is 3.18. The molecule has 2 aromatic carbocycles. The van der Waals surface area contributed by atoms with E-state index >= 15 is 0 Å². The van der Waals surface area contributed by atoms with E-state index in [2.05, 4.69) is 6.92 Å². The van der Waals surface area contributed by atoms with E-state index in [9.17, 15) is 9.90 Å². The Morgan fingerprint density at radius 3 is 2.30 bits per heavy atom. The highest BCUT2D eigenvalue weighted by atomic mass is 16.4. The molecule has 3 nitrogen and oxygen atoms in total. The highest BCUT2D eigenvalue weighted by Gasteiger charge is 2.06. The summed E-state index contributed by atoms with van der Waals surface area (Å²) in [7, 11) is 0. The van der Waals surface area contributed by atoms with Crippen LogP contribution in [0.4, 0.5) is 0 Å². The minimum absolute atomic E-state index is 0.277. The average molecular weight is 270 g/mol. The monoisotopic (exact) mass is 270 g/mol. The second-order valence-electron chi connectivity index (χ2n) is 4.83. The van der Waals surface area contributed by atoms with Crippen LogP contribution in [0.15, 0.2) is 42.5 Å². The predicted octanol–water partition coefficient (Wildman–Crippen LogP) is 4.10. The van der Waals surface area contributed by atoms with Crippen molar-refractivity contribution in [1.82, 2.24) is 0 Å². The molecule has 0 amide bonds. The van der Waals surface area contributed by atoms with Crippen LogP contribution in [-0.4, -0.2) is 16.2 Å². The third-order valence-corrected chi connectivity index (χ3v) is 3.34. The lowest BCUT2D eigenvalue weighted by atomic mass is 9.99. The lowest BCUT2D eigenvalue weighted by molar-refractivity contribution is 0.0697. The summed E-state index contributed by atoms with van der Waals surface area (Å²) >= 11 is 0. The van der Waals surface area contributed by atoms with Crippen molar-refractivity contribution in [1.29, 1.82) is 0 Å². The zero-order valence-electron chi connectivity index (χ0n) is 11.5. The molecule has 0 aliphatic carbocycles. The van der Waals surface area contributed by atoms with Gasteiger partial charge in [0.2, 0.25) is 0 Å². The van der Waals surface area contributed by atoms with Crippen LogP contribution in [-0.2, 0) is 6.42 Å². The Balaban J connectivity index is 2.30. The van der Waals surface area contributed by atoms with Gasteiger partial charge in [-0.1, -0.05) is 31.5 Å². The van der Waals surface area contributed by atoms with Gasteiger partial charge in [-0.05, 0) is 53.8 Å². The summed E-state index contributed by atoms with van der Waals surface area (Å²) in [6.07, 6.45) is 2.97. The highest BCUT2D eigenvalue weighted by molar-refractivity contribution is 5.88. The number of benzene rings is 2. The summed E-state index contributed by atoms with van der Waals surface area (Å²) < 4.78 is 0. The maximum absolute atomic E-state index is 10.8. The number of unbranched alkanes of at least 4 members (excludes halogenated alkanes) is 1. The first-order valence-electron chi connectivity index (χ1n) is 6.77. The first-order valence-corrected chi connectivity index (χ1v) is 6.77. The zero-order chi connectivity index (χ0) is 14.5. The molecule has 0 saturated heterocycles. The van der Waals surface area contributed by atoms with Gasteiger partial charge >= 0.3 is 5.97 Å². The molecule has 0 spiro atoms. The van der Waals surface area contributed by atoms with Crippen molar-refractivity contribution in [3.63, 3.8) is 0 Å². The van der Waals surface area contributed by atoms with Crippen LogP contribution in [0.5, 0.6) is 5.75 Å². The molecule has 0 radical (unpaired) electrons. The summed E-state index contributed by atoms with van der Waals surface area (Å²) in [5.74, 6) is -0.602. The van der Waals surface area contributed by atoms with Crippen LogP contribution in [0.3, 0.4) is 0 Å². The highest BCUT2D eigenvalue weighted by Crippen LogP contribution is 2.27. The molecule has 0 bridgehead atoms. The number of aromatic carboxylic acids is 1. The van der Waals surface area contributed by atoms with Gasteiger partial charge in [0.05, 0.1) is 5.56 Å². The van der Waals surface area contributed by atoms with Gasteiger partial charge in [-0.25, -0.2) is 4.79 Å². The van der Waals surface area contributed by atoms with Crippen molar-refractivity contribution < 1.29 is 15.0 Å². The summed E-state index contributed by atoms with van der Waals surface area (Å²) in [6, 6.07) is 12.3. The molecular weight excluding hydrogens is 252 g/mol. The second kappa shape index (κ2) is 6.24. The normalized spacial score (nSPS) is 10.4. The fourth-order valence-electron chi connectivity index (χ4n) is 2.14. The fraction of sp³-hybridized carbons (Fsp3) is 0.235. The Morgan fingerprint density at radius 2 is 1.70 bits per heavy atom. The van der Waals surface area contributed by atoms with Crippen LogP contribution >= 0.6 is 0 Å². The molecule has 104 valence electrons. The zero-order valence-corrected chi connectivity index (χ0v) is 11.5. The molecule has 0 atom stereocenters. The molecule has 2 aromatic rings. The van der Waals surface area contributed by atoms with E-state index in [1.54, 1.807) is 30.3 Å². The van der Waals surface area contributed by atoms with E-state index < -0.39 is 5.97 Å². The summed E-state index contributed by atoms with van der Waals surface area (Å²) in [5.41, 5.74) is 3.16. The smallest absolute Gasteiger partial charge is 0.335 e. The number of carboxylic acid groups (broad SMARTS) is 1. The first-order chi connectivity index (χ1) is 9.61. The summed E-state index contributed by atoms with van der Waals surface area (Å²) in [4.78, 5) is 10.8. The first kappa shape index (κ1) is 14.1. The van der Waals surface area contributed by atoms with Gasteiger partial charge in [0.15, 0.2) is 0 Å². The van der Waals surface area contributed by atoms with Crippen molar-refractivity contribution >= 4 is 5.97 Å². The van der Waals surface area contributed by atoms with E-state index in [4.69, 9.17) is 5.11 Å². The largest absolute Gasteiger partial charge is 0.508 e. The van der Waals surface area contributed by atoms with Crippen molar-refractivity contribution in [3.8, 4) is 16.9 Å². The maximum Gasteiger partial charge on any atom is 0.335 e. The summed E-state index contributed by atoms with van der Waals surface area (Å²) in [6.45, 7) is 2.12. The van der Waals surface area contributed by atoms with E-state index in [1.165, 1.54) is 0 Å². The molecule has 2 rings (SSSR count). The van der Waals surface area contributed by atoms with Crippen molar-refractivity contribution in [2.24, 2.45) is 0 Å². The van der Waals surface area contributed by atoms with Crippen molar-refractivity contribution in [2.75, 3.05) is 0 Å². The minimum atomic E-state index is -0.925. The number of carbonyl (C=O) groups is 1. The number of phenolic OH excluding ortho intramolecular Hbond substituents is 1. The molecule has 2 N–H and O–H groups in total. The van der Waals surface area contributed by atoms with Crippen LogP contribution in [0, 0.1) is 0 Å². The fourth-order valence-corrected chi connectivity index (χ4v) is 2.14. The van der Waals surface area contributed by atoms with Gasteiger partial charge in [-0.15, -0.1) is 0 Å². The molecule has 0 aliphatic rings.